The highest BCUT2D eigenvalue weighted by Crippen LogP contribution is 2.00. The maximum atomic E-state index is 2.36. The summed E-state index contributed by atoms with van der Waals surface area (Å²) in [6.07, 6.45) is 0. The summed E-state index contributed by atoms with van der Waals surface area (Å²) in [5.74, 6) is 0. The number of hydrogen-bond donors (Lipinski definition) is 0. The van der Waals surface area contributed by atoms with E-state index in [0.29, 0.717) is 0 Å². The molecule has 0 heterocycles. The molecule has 0 saturated heterocycles. The van der Waals surface area contributed by atoms with E-state index in [1.54, 1.807) is 5.19 Å². The van der Waals surface area contributed by atoms with Crippen LogP contribution in [0.5, 0.6) is 0 Å². The van der Waals surface area contributed by atoms with Crippen molar-refractivity contribution < 1.29 is 0 Å². The molecule has 0 atom stereocenters. The Labute approximate surface area is 121 Å². The lowest BCUT2D eigenvalue weighted by Crippen LogP contribution is -2.37. The quantitative estimate of drug-likeness (QED) is 0.740. The first-order valence-electron chi connectivity index (χ1n) is 7.01. The van der Waals surface area contributed by atoms with Crippen LogP contribution in [0.25, 0.3) is 0 Å². The molecular weight excluding hydrogens is 260 g/mol. The molecule has 2 rings (SSSR count). The summed E-state index contributed by atoms with van der Waals surface area (Å²) < 4.78 is 0. The van der Waals surface area contributed by atoms with Crippen molar-refractivity contribution in [3.63, 3.8) is 0 Å². The van der Waals surface area contributed by atoms with Gasteiger partial charge in [-0.3, -0.25) is 0 Å². The van der Waals surface area contributed by atoms with Gasteiger partial charge < -0.3 is 0 Å². The highest BCUT2D eigenvalue weighted by molar-refractivity contribution is 6.88. The first-order valence-corrected chi connectivity index (χ1v) is 13.4. The van der Waals surface area contributed by atoms with Crippen molar-refractivity contribution in [1.82, 2.24) is 0 Å². The van der Waals surface area contributed by atoms with Crippen LogP contribution in [0.2, 0.25) is 32.7 Å². The van der Waals surface area contributed by atoms with Crippen LogP contribution in [0.4, 0.5) is 0 Å². The van der Waals surface area contributed by atoms with Gasteiger partial charge in [0.05, 0.1) is 16.9 Å². The van der Waals surface area contributed by atoms with Gasteiger partial charge in [0.15, 0.2) is 0 Å². The summed E-state index contributed by atoms with van der Waals surface area (Å²) in [7, 11) is -1.56. The monoisotopic (exact) mass is 286 g/mol. The number of rotatable bonds is 2. The molecule has 0 fully saturated rings. The zero-order chi connectivity index (χ0) is 14.3. The molecule has 0 aliphatic carbocycles. The SMILES string of the molecule is C[SiH](C)c1ccccc1.C[Si](C)(C)c1ccccc1. The van der Waals surface area contributed by atoms with Gasteiger partial charge in [-0.25, -0.2) is 0 Å². The van der Waals surface area contributed by atoms with Crippen LogP contribution in [0.15, 0.2) is 60.7 Å². The summed E-state index contributed by atoms with van der Waals surface area (Å²) in [5, 5.41) is 3.09. The van der Waals surface area contributed by atoms with Crippen LogP contribution in [-0.2, 0) is 0 Å². The maximum absolute atomic E-state index is 2.36. The standard InChI is InChI=1S/C9H14Si.C8H12Si/c1-10(2,3)9-7-5-4-6-8-9;1-9(2)8-6-4-3-5-7-8/h4-8H,1-3H3;3-7,9H,1-2H3. The van der Waals surface area contributed by atoms with Crippen LogP contribution in [0.3, 0.4) is 0 Å². The van der Waals surface area contributed by atoms with Crippen molar-refractivity contribution in [3.05, 3.63) is 60.7 Å². The predicted octanol–water partition coefficient (Wildman–Crippen LogP) is 3.61. The van der Waals surface area contributed by atoms with Gasteiger partial charge in [0.1, 0.15) is 0 Å². The Bertz CT molecular complexity index is 456. The molecule has 0 aromatic heterocycles. The van der Waals surface area contributed by atoms with Gasteiger partial charge in [-0.05, 0) is 0 Å². The summed E-state index contributed by atoms with van der Waals surface area (Å²) >= 11 is 0. The zero-order valence-electron chi connectivity index (χ0n) is 12.9. The first kappa shape index (κ1) is 15.9. The second kappa shape index (κ2) is 7.46. The maximum Gasteiger partial charge on any atom is 0.0775 e. The Morgan fingerprint density at radius 3 is 1.37 bits per heavy atom. The van der Waals surface area contributed by atoms with Crippen LogP contribution in [0.1, 0.15) is 0 Å². The Kier molecular flexibility index (Phi) is 6.25. The molecule has 0 spiro atoms. The molecule has 0 saturated carbocycles. The lowest BCUT2D eigenvalue weighted by Gasteiger charge is -2.15. The minimum atomic E-state index is -1.03. The summed E-state index contributed by atoms with van der Waals surface area (Å²) in [6, 6.07) is 21.5. The molecule has 0 bridgehead atoms. The van der Waals surface area contributed by atoms with Crippen molar-refractivity contribution in [3.8, 4) is 0 Å². The highest BCUT2D eigenvalue weighted by Gasteiger charge is 2.14. The topological polar surface area (TPSA) is 0 Å². The first-order chi connectivity index (χ1) is 8.91. The van der Waals surface area contributed by atoms with Gasteiger partial charge in [0, 0.05) is 0 Å². The second-order valence-electron chi connectivity index (χ2n) is 6.18. The van der Waals surface area contributed by atoms with Gasteiger partial charge in [-0.2, -0.15) is 0 Å². The molecule has 0 N–H and O–H groups in total. The van der Waals surface area contributed by atoms with Crippen molar-refractivity contribution in [2.24, 2.45) is 0 Å². The van der Waals surface area contributed by atoms with Crippen LogP contribution < -0.4 is 10.4 Å². The second-order valence-corrected chi connectivity index (χ2v) is 14.2. The molecule has 0 nitrogen and oxygen atoms in total. The Hall–Kier alpha value is -1.13. The van der Waals surface area contributed by atoms with Crippen molar-refractivity contribution in [1.29, 1.82) is 0 Å². The molecule has 0 radical (unpaired) electrons. The van der Waals surface area contributed by atoms with Crippen molar-refractivity contribution in [2.75, 3.05) is 0 Å². The average molecular weight is 287 g/mol. The van der Waals surface area contributed by atoms with Crippen LogP contribution >= 0.6 is 0 Å². The summed E-state index contributed by atoms with van der Waals surface area (Å²) in [5.41, 5.74) is 0. The van der Waals surface area contributed by atoms with Crippen LogP contribution in [-0.4, -0.2) is 16.9 Å². The smallest absolute Gasteiger partial charge is 0.0682 e. The summed E-state index contributed by atoms with van der Waals surface area (Å²) in [4.78, 5) is 0. The van der Waals surface area contributed by atoms with Crippen molar-refractivity contribution >= 4 is 27.2 Å². The third-order valence-corrected chi connectivity index (χ3v) is 6.89. The Balaban J connectivity index is 0.000000191. The van der Waals surface area contributed by atoms with E-state index in [-0.39, 0.29) is 0 Å². The van der Waals surface area contributed by atoms with E-state index >= 15 is 0 Å². The van der Waals surface area contributed by atoms with E-state index in [1.165, 1.54) is 5.19 Å². The van der Waals surface area contributed by atoms with Gasteiger partial charge >= 0.3 is 0 Å². The molecule has 0 unspecified atom stereocenters. The van der Waals surface area contributed by atoms with E-state index in [9.17, 15) is 0 Å². The fourth-order valence-corrected chi connectivity index (χ4v) is 3.96. The Morgan fingerprint density at radius 1 is 0.684 bits per heavy atom. The lowest BCUT2D eigenvalue weighted by atomic mass is 10.4. The van der Waals surface area contributed by atoms with E-state index in [2.05, 4.69) is 93.4 Å². The largest absolute Gasteiger partial charge is 0.0775 e. The normalized spacial score (nSPS) is 10.8. The van der Waals surface area contributed by atoms with E-state index in [0.717, 1.165) is 0 Å². The number of benzene rings is 2. The van der Waals surface area contributed by atoms with E-state index < -0.39 is 16.9 Å². The zero-order valence-corrected chi connectivity index (χ0v) is 15.0. The molecule has 2 aromatic rings. The molecule has 0 amide bonds. The average Bonchev–Trinajstić information content (AvgIpc) is 2.40. The van der Waals surface area contributed by atoms with Crippen molar-refractivity contribution in [2.45, 2.75) is 32.7 Å². The molecular formula is C17H26Si2. The fourth-order valence-electron chi connectivity index (χ4n) is 1.78. The molecule has 0 aliphatic heterocycles. The van der Waals surface area contributed by atoms with E-state index in [1.807, 2.05) is 0 Å². The molecule has 2 aromatic carbocycles. The van der Waals surface area contributed by atoms with Gasteiger partial charge in [-0.1, -0.05) is 104 Å². The molecule has 102 valence electrons. The highest BCUT2D eigenvalue weighted by atomic mass is 28.3. The minimum Gasteiger partial charge on any atom is -0.0682 e. The third-order valence-electron chi connectivity index (χ3n) is 3.11. The van der Waals surface area contributed by atoms with Crippen LogP contribution in [0, 0.1) is 0 Å². The molecule has 2 heteroatoms. The summed E-state index contributed by atoms with van der Waals surface area (Å²) in [6.45, 7) is 11.8. The predicted molar refractivity (Wildman–Crippen MR) is 94.4 cm³/mol. The third kappa shape index (κ3) is 6.03. The molecule has 19 heavy (non-hydrogen) atoms. The lowest BCUT2D eigenvalue weighted by molar-refractivity contribution is 1.68. The number of hydrogen-bond acceptors (Lipinski definition) is 0. The van der Waals surface area contributed by atoms with E-state index in [4.69, 9.17) is 0 Å². The fraction of sp³-hybridized carbons (Fsp3) is 0.294. The molecule has 0 aliphatic rings. The Morgan fingerprint density at radius 2 is 1.11 bits per heavy atom. The van der Waals surface area contributed by atoms with Gasteiger partial charge in [0.25, 0.3) is 0 Å². The minimum absolute atomic E-state index is 0.529. The van der Waals surface area contributed by atoms with Gasteiger partial charge in [0.2, 0.25) is 0 Å². The van der Waals surface area contributed by atoms with Gasteiger partial charge in [-0.15, -0.1) is 0 Å².